The van der Waals surface area contributed by atoms with E-state index in [9.17, 15) is 19.5 Å². The second kappa shape index (κ2) is 10.5. The molecule has 2 saturated carbocycles. The third-order valence-corrected chi connectivity index (χ3v) is 9.45. The molecule has 0 radical (unpaired) electrons. The molecule has 2 aromatic heterocycles. The Morgan fingerprint density at radius 2 is 1.82 bits per heavy atom. The van der Waals surface area contributed by atoms with Gasteiger partial charge in [-0.2, -0.15) is 0 Å². The lowest BCUT2D eigenvalue weighted by atomic mass is 10.1. The summed E-state index contributed by atoms with van der Waals surface area (Å²) in [6.45, 7) is 6.85. The van der Waals surface area contributed by atoms with Gasteiger partial charge in [-0.05, 0) is 88.6 Å². The molecule has 3 atom stereocenters. The maximum atomic E-state index is 14.0. The highest BCUT2D eigenvalue weighted by Gasteiger charge is 2.50. The second-order valence-electron chi connectivity index (χ2n) is 13.7. The summed E-state index contributed by atoms with van der Waals surface area (Å²) in [6.07, 6.45) is 3.60. The van der Waals surface area contributed by atoms with Crippen LogP contribution in [-0.4, -0.2) is 73.4 Å². The molecular weight excluding hydrogens is 574 g/mol. The van der Waals surface area contributed by atoms with Crippen LogP contribution >= 0.6 is 0 Å². The summed E-state index contributed by atoms with van der Waals surface area (Å²) >= 11 is 0. The average molecular weight is 614 g/mol. The number of ether oxygens (including phenoxy) is 2. The molecule has 3 heterocycles. The first-order valence-corrected chi connectivity index (χ1v) is 15.6. The van der Waals surface area contributed by atoms with Gasteiger partial charge in [-0.15, -0.1) is 0 Å². The zero-order valence-electron chi connectivity index (χ0n) is 26.3. The summed E-state index contributed by atoms with van der Waals surface area (Å²) in [7, 11) is 3.52. The van der Waals surface area contributed by atoms with Gasteiger partial charge in [0.2, 0.25) is 0 Å². The van der Waals surface area contributed by atoms with Gasteiger partial charge < -0.3 is 33.9 Å². The first kappa shape index (κ1) is 29.2. The number of aryl methyl sites for hydroxylation is 1. The van der Waals surface area contributed by atoms with E-state index >= 15 is 0 Å². The fraction of sp³-hybridized carbons (Fsp3) is 0.471. The Kier molecular flexibility index (Phi) is 6.83. The van der Waals surface area contributed by atoms with Crippen molar-refractivity contribution in [2.75, 3.05) is 13.7 Å². The molecule has 45 heavy (non-hydrogen) atoms. The maximum Gasteiger partial charge on any atom is 0.407 e. The minimum Gasteiger partial charge on any atom is -0.494 e. The summed E-state index contributed by atoms with van der Waals surface area (Å²) in [5, 5.41) is 13.6. The SMILES string of the molecule is COc1cc(C(=O)N2C[C@H]3CC[C@@H]2[C@@H]3NC(=O)OC(C)(C)C)cc2nc(-c3cc4ccc(C(=O)O)cc4n3CC3CC3)n(C)c12. The lowest BCUT2D eigenvalue weighted by Crippen LogP contribution is -2.46. The Balaban J connectivity index is 1.24. The van der Waals surface area contributed by atoms with Gasteiger partial charge in [0, 0.05) is 36.6 Å². The van der Waals surface area contributed by atoms with Gasteiger partial charge in [0.05, 0.1) is 36.0 Å². The van der Waals surface area contributed by atoms with Crippen molar-refractivity contribution < 1.29 is 29.0 Å². The number of carbonyl (C=O) groups excluding carboxylic acids is 2. The molecule has 0 unspecified atom stereocenters. The molecule has 11 heteroatoms. The van der Waals surface area contributed by atoms with E-state index in [1.807, 2.05) is 49.4 Å². The number of piperidine rings is 1. The number of amides is 2. The van der Waals surface area contributed by atoms with Gasteiger partial charge >= 0.3 is 12.1 Å². The van der Waals surface area contributed by atoms with Crippen LogP contribution in [-0.2, 0) is 18.3 Å². The smallest absolute Gasteiger partial charge is 0.407 e. The van der Waals surface area contributed by atoms with Crippen molar-refractivity contribution in [2.24, 2.45) is 18.9 Å². The number of likely N-dealkylation sites (tertiary alicyclic amines) is 1. The van der Waals surface area contributed by atoms with Crippen LogP contribution in [0.15, 0.2) is 36.4 Å². The van der Waals surface area contributed by atoms with E-state index in [2.05, 4.69) is 16.0 Å². The highest BCUT2D eigenvalue weighted by atomic mass is 16.6. The Morgan fingerprint density at radius 1 is 1.04 bits per heavy atom. The van der Waals surface area contributed by atoms with E-state index in [4.69, 9.17) is 14.5 Å². The second-order valence-corrected chi connectivity index (χ2v) is 13.7. The number of carboxylic acid groups (broad SMARTS) is 1. The van der Waals surface area contributed by atoms with Crippen LogP contribution in [0.3, 0.4) is 0 Å². The fourth-order valence-electron chi connectivity index (χ4n) is 7.20. The molecule has 2 aliphatic carbocycles. The van der Waals surface area contributed by atoms with E-state index in [1.165, 1.54) is 0 Å². The van der Waals surface area contributed by atoms with Crippen molar-refractivity contribution in [2.45, 2.75) is 70.7 Å². The number of rotatable bonds is 7. The first-order chi connectivity index (χ1) is 21.4. The lowest BCUT2D eigenvalue weighted by Gasteiger charge is -2.28. The minimum atomic E-state index is -0.958. The monoisotopic (exact) mass is 613 g/mol. The number of methoxy groups -OCH3 is 1. The highest BCUT2D eigenvalue weighted by molar-refractivity contribution is 6.01. The molecule has 0 spiro atoms. The number of aromatic carboxylic acids is 1. The number of fused-ring (bicyclic) bond motifs is 4. The summed E-state index contributed by atoms with van der Waals surface area (Å²) < 4.78 is 15.5. The molecule has 2 aromatic carbocycles. The van der Waals surface area contributed by atoms with Crippen molar-refractivity contribution in [3.05, 3.63) is 47.5 Å². The van der Waals surface area contributed by atoms with Gasteiger partial charge in [0.25, 0.3) is 5.91 Å². The summed E-state index contributed by atoms with van der Waals surface area (Å²) in [4.78, 5) is 45.2. The topological polar surface area (TPSA) is 128 Å². The average Bonchev–Trinajstić information content (AvgIpc) is 3.34. The van der Waals surface area contributed by atoms with E-state index in [0.717, 1.165) is 54.3 Å². The van der Waals surface area contributed by atoms with Crippen LogP contribution in [0.25, 0.3) is 33.5 Å². The number of hydrogen-bond donors (Lipinski definition) is 2. The van der Waals surface area contributed by atoms with Crippen molar-refractivity contribution in [1.82, 2.24) is 24.3 Å². The molecule has 2 amide bonds. The van der Waals surface area contributed by atoms with Crippen LogP contribution in [0.2, 0.25) is 0 Å². The van der Waals surface area contributed by atoms with E-state index in [-0.39, 0.29) is 29.5 Å². The Morgan fingerprint density at radius 3 is 2.51 bits per heavy atom. The quantitative estimate of drug-likeness (QED) is 0.284. The predicted molar refractivity (Wildman–Crippen MR) is 169 cm³/mol. The molecule has 7 rings (SSSR count). The Bertz CT molecular complexity index is 1860. The van der Waals surface area contributed by atoms with E-state index < -0.39 is 17.7 Å². The molecule has 1 saturated heterocycles. The molecule has 3 fully saturated rings. The number of carboxylic acids is 1. The normalized spacial score (nSPS) is 21.1. The van der Waals surface area contributed by atoms with E-state index in [0.29, 0.717) is 35.1 Å². The Hall–Kier alpha value is -4.54. The number of nitrogens with zero attached hydrogens (tertiary/aromatic N) is 4. The Labute approximate surface area is 261 Å². The number of benzene rings is 2. The van der Waals surface area contributed by atoms with Crippen LogP contribution in [0.5, 0.6) is 5.75 Å². The first-order valence-electron chi connectivity index (χ1n) is 15.6. The molecular formula is C34H39N5O6. The van der Waals surface area contributed by atoms with Crippen molar-refractivity contribution >= 4 is 39.9 Å². The molecule has 236 valence electrons. The number of nitrogens with one attached hydrogen (secondary N) is 1. The predicted octanol–water partition coefficient (Wildman–Crippen LogP) is 5.44. The van der Waals surface area contributed by atoms with Gasteiger partial charge in [0.15, 0.2) is 5.82 Å². The van der Waals surface area contributed by atoms with Gasteiger partial charge in [-0.3, -0.25) is 4.79 Å². The molecule has 2 bridgehead atoms. The third-order valence-electron chi connectivity index (χ3n) is 9.45. The molecule has 1 aliphatic heterocycles. The zero-order chi connectivity index (χ0) is 31.8. The minimum absolute atomic E-state index is 0.107. The van der Waals surface area contributed by atoms with Crippen LogP contribution in [0.4, 0.5) is 4.79 Å². The maximum absolute atomic E-state index is 14.0. The number of aromatic nitrogens is 3. The molecule has 11 nitrogen and oxygen atoms in total. The zero-order valence-corrected chi connectivity index (χ0v) is 26.3. The van der Waals surface area contributed by atoms with Gasteiger partial charge in [-0.25, -0.2) is 14.6 Å². The lowest BCUT2D eigenvalue weighted by molar-refractivity contribution is 0.0484. The third kappa shape index (κ3) is 5.17. The standard InChI is InChI=1S/C34H39N5O6/c1-34(2,3)45-33(43)36-28-21-10-11-24(28)39(17-21)31(40)22-12-23-29(27(15-22)44-5)37(4)30(35-23)26-13-19-8-9-20(32(41)42)14-25(19)38(26)16-18-6-7-18/h8-9,12-15,18,21,24,28H,6-7,10-11,16-17H2,1-5H3,(H,36,43)(H,41,42)/t21-,24-,28-/m1/s1. The summed E-state index contributed by atoms with van der Waals surface area (Å²) in [5.41, 5.74) is 3.29. The van der Waals surface area contributed by atoms with Crippen LogP contribution in [0, 0.1) is 11.8 Å². The summed E-state index contributed by atoms with van der Waals surface area (Å²) in [6, 6.07) is 10.6. The van der Waals surface area contributed by atoms with Crippen molar-refractivity contribution in [3.8, 4) is 17.3 Å². The number of hydrogen-bond acceptors (Lipinski definition) is 6. The number of imidazole rings is 1. The van der Waals surface area contributed by atoms with Crippen LogP contribution in [0.1, 0.15) is 67.2 Å². The molecule has 2 N–H and O–H groups in total. The van der Waals surface area contributed by atoms with Crippen LogP contribution < -0.4 is 10.1 Å². The highest BCUT2D eigenvalue weighted by Crippen LogP contribution is 2.41. The van der Waals surface area contributed by atoms with Crippen molar-refractivity contribution in [3.63, 3.8) is 0 Å². The molecule has 3 aliphatic rings. The number of carbonyl (C=O) groups is 3. The van der Waals surface area contributed by atoms with Crippen molar-refractivity contribution in [1.29, 1.82) is 0 Å². The summed E-state index contributed by atoms with van der Waals surface area (Å²) in [5.74, 6) is 0.903. The van der Waals surface area contributed by atoms with Gasteiger partial charge in [-0.1, -0.05) is 6.07 Å². The van der Waals surface area contributed by atoms with E-state index in [1.54, 1.807) is 25.3 Å². The fourth-order valence-corrected chi connectivity index (χ4v) is 7.20. The number of alkyl carbamates (subject to hydrolysis) is 1. The molecule has 4 aromatic rings. The van der Waals surface area contributed by atoms with Gasteiger partial charge in [0.1, 0.15) is 16.9 Å². The largest absolute Gasteiger partial charge is 0.494 e.